The number of para-hydroxylation sites is 2. The van der Waals surface area contributed by atoms with E-state index in [0.717, 1.165) is 11.4 Å². The molecule has 2 aliphatic heterocycles. The van der Waals surface area contributed by atoms with Gasteiger partial charge in [0.1, 0.15) is 17.4 Å². The highest BCUT2D eigenvalue weighted by molar-refractivity contribution is 6.00. The summed E-state index contributed by atoms with van der Waals surface area (Å²) in [5.41, 5.74) is 1.21. The van der Waals surface area contributed by atoms with Gasteiger partial charge in [0.05, 0.1) is 23.7 Å². The van der Waals surface area contributed by atoms with Gasteiger partial charge >= 0.3 is 0 Å². The lowest BCUT2D eigenvalue weighted by molar-refractivity contribution is -0.133. The number of carbonyl (C=O) groups excluding carboxylic acids is 2. The van der Waals surface area contributed by atoms with Crippen LogP contribution in [-0.2, 0) is 11.3 Å². The average Bonchev–Trinajstić information content (AvgIpc) is 3.39. The van der Waals surface area contributed by atoms with Crippen LogP contribution in [0.3, 0.4) is 0 Å². The molecule has 0 radical (unpaired) electrons. The van der Waals surface area contributed by atoms with Crippen LogP contribution in [0.5, 0.6) is 17.2 Å². The first-order chi connectivity index (χ1) is 17.9. The number of methoxy groups -OCH3 is 1. The molecule has 3 aromatic rings. The number of fused-ring (bicyclic) bond motifs is 2. The molecule has 0 spiro atoms. The third kappa shape index (κ3) is 4.54. The Kier molecular flexibility index (Phi) is 6.64. The zero-order valence-corrected chi connectivity index (χ0v) is 21.2. The van der Waals surface area contributed by atoms with Crippen LogP contribution in [0.2, 0.25) is 0 Å². The van der Waals surface area contributed by atoms with Crippen LogP contribution in [0, 0.1) is 0 Å². The lowest BCUT2D eigenvalue weighted by Crippen LogP contribution is -2.54. The largest absolute Gasteiger partial charge is 0.495 e. The molecule has 3 heterocycles. The van der Waals surface area contributed by atoms with E-state index >= 15 is 0 Å². The van der Waals surface area contributed by atoms with Gasteiger partial charge in [0.25, 0.3) is 5.91 Å². The Morgan fingerprint density at radius 2 is 1.78 bits per heavy atom. The molecule has 10 nitrogen and oxygen atoms in total. The fraction of sp³-hybridized carbons (Fsp3) is 0.370. The van der Waals surface area contributed by atoms with Crippen LogP contribution in [-0.4, -0.2) is 67.4 Å². The molecule has 37 heavy (non-hydrogen) atoms. The summed E-state index contributed by atoms with van der Waals surface area (Å²) in [5.74, 6) is 1.06. The molecule has 10 heteroatoms. The fourth-order valence-electron chi connectivity index (χ4n) is 4.87. The molecular weight excluding hydrogens is 476 g/mol. The maximum atomic E-state index is 13.2. The molecule has 2 aliphatic rings. The Balaban J connectivity index is 1.29. The Hall–Kier alpha value is -4.21. The summed E-state index contributed by atoms with van der Waals surface area (Å²) in [6, 6.07) is 10.4. The molecular formula is C27H30N4O6. The summed E-state index contributed by atoms with van der Waals surface area (Å²) in [6.07, 6.45) is 1.53. The van der Waals surface area contributed by atoms with Crippen LogP contribution in [0.15, 0.2) is 47.4 Å². The molecule has 1 saturated heterocycles. The van der Waals surface area contributed by atoms with Gasteiger partial charge in [-0.3, -0.25) is 14.4 Å². The van der Waals surface area contributed by atoms with Gasteiger partial charge in [0.15, 0.2) is 11.5 Å². The SMILES string of the molecule is CCn1cc(C(=O)N[C@@H](C)C(=O)N2CCN(c3ccccc3OC)CC2)c(=O)c2cc3c(cc21)OCO3. The molecule has 1 aromatic heterocycles. The lowest BCUT2D eigenvalue weighted by Gasteiger charge is -2.37. The van der Waals surface area contributed by atoms with E-state index in [1.54, 1.807) is 31.1 Å². The Bertz CT molecular complexity index is 1410. The number of hydrogen-bond donors (Lipinski definition) is 1. The van der Waals surface area contributed by atoms with E-state index in [4.69, 9.17) is 14.2 Å². The molecule has 0 saturated carbocycles. The molecule has 5 rings (SSSR count). The fourth-order valence-corrected chi connectivity index (χ4v) is 4.87. The highest BCUT2D eigenvalue weighted by Gasteiger charge is 2.28. The van der Waals surface area contributed by atoms with E-state index in [1.807, 2.05) is 35.8 Å². The molecule has 194 valence electrons. The maximum Gasteiger partial charge on any atom is 0.257 e. The van der Waals surface area contributed by atoms with E-state index in [1.165, 1.54) is 6.20 Å². The highest BCUT2D eigenvalue weighted by Crippen LogP contribution is 2.35. The molecule has 2 aromatic carbocycles. The molecule has 2 amide bonds. The van der Waals surface area contributed by atoms with Gasteiger partial charge in [-0.1, -0.05) is 12.1 Å². The minimum atomic E-state index is -0.785. The number of nitrogens with zero attached hydrogens (tertiary/aromatic N) is 3. The monoisotopic (exact) mass is 506 g/mol. The summed E-state index contributed by atoms with van der Waals surface area (Å²) in [6.45, 7) is 6.53. The number of pyridine rings is 1. The first kappa shape index (κ1) is 24.5. The number of ether oxygens (including phenoxy) is 3. The number of rotatable bonds is 6. The van der Waals surface area contributed by atoms with E-state index < -0.39 is 17.4 Å². The van der Waals surface area contributed by atoms with E-state index in [9.17, 15) is 14.4 Å². The minimum absolute atomic E-state index is 0.0196. The van der Waals surface area contributed by atoms with Gasteiger partial charge in [-0.25, -0.2) is 0 Å². The van der Waals surface area contributed by atoms with Crippen molar-refractivity contribution < 1.29 is 23.8 Å². The second-order valence-corrected chi connectivity index (χ2v) is 9.06. The number of amides is 2. The average molecular weight is 507 g/mol. The minimum Gasteiger partial charge on any atom is -0.495 e. The van der Waals surface area contributed by atoms with Crippen LogP contribution in [0.25, 0.3) is 10.9 Å². The smallest absolute Gasteiger partial charge is 0.257 e. The molecule has 0 unspecified atom stereocenters. The zero-order valence-electron chi connectivity index (χ0n) is 21.2. The zero-order chi connectivity index (χ0) is 26.1. The number of nitrogens with one attached hydrogen (secondary N) is 1. The summed E-state index contributed by atoms with van der Waals surface area (Å²) in [5, 5.41) is 3.10. The Morgan fingerprint density at radius 1 is 1.08 bits per heavy atom. The van der Waals surface area contributed by atoms with Crippen LogP contribution < -0.4 is 29.9 Å². The van der Waals surface area contributed by atoms with Gasteiger partial charge in [0, 0.05) is 45.0 Å². The van der Waals surface area contributed by atoms with Gasteiger partial charge in [0.2, 0.25) is 18.1 Å². The van der Waals surface area contributed by atoms with Crippen molar-refractivity contribution in [1.29, 1.82) is 0 Å². The van der Waals surface area contributed by atoms with Gasteiger partial charge in [-0.2, -0.15) is 0 Å². The van der Waals surface area contributed by atoms with Crippen molar-refractivity contribution >= 4 is 28.4 Å². The number of benzene rings is 2. The number of hydrogen-bond acceptors (Lipinski definition) is 7. The second kappa shape index (κ2) is 10.0. The highest BCUT2D eigenvalue weighted by atomic mass is 16.7. The quantitative estimate of drug-likeness (QED) is 0.547. The van der Waals surface area contributed by atoms with Crippen molar-refractivity contribution in [2.45, 2.75) is 26.4 Å². The molecule has 0 aliphatic carbocycles. The van der Waals surface area contributed by atoms with Crippen LogP contribution >= 0.6 is 0 Å². The third-order valence-corrected chi connectivity index (χ3v) is 6.90. The topological polar surface area (TPSA) is 102 Å². The lowest BCUT2D eigenvalue weighted by atomic mass is 10.1. The van der Waals surface area contributed by atoms with Crippen molar-refractivity contribution in [3.8, 4) is 17.2 Å². The Labute approximate surface area is 214 Å². The summed E-state index contributed by atoms with van der Waals surface area (Å²) in [7, 11) is 1.64. The molecule has 1 N–H and O–H groups in total. The Morgan fingerprint density at radius 3 is 2.49 bits per heavy atom. The van der Waals surface area contributed by atoms with Crippen molar-refractivity contribution in [3.63, 3.8) is 0 Å². The predicted octanol–water partition coefficient (Wildman–Crippen LogP) is 2.23. The maximum absolute atomic E-state index is 13.2. The van der Waals surface area contributed by atoms with Crippen LogP contribution in [0.1, 0.15) is 24.2 Å². The standard InChI is InChI=1S/C27H30N4O6/c1-4-29-15-19(25(32)18-13-23-24(14-21(18)29)37-16-36-23)26(33)28-17(2)27(34)31-11-9-30(10-12-31)20-7-5-6-8-22(20)35-3/h5-8,13-15,17H,4,9-12,16H2,1-3H3,(H,28,33)/t17-/m0/s1. The van der Waals surface area contributed by atoms with Crippen molar-refractivity contribution in [2.24, 2.45) is 0 Å². The third-order valence-electron chi connectivity index (χ3n) is 6.90. The summed E-state index contributed by atoms with van der Waals surface area (Å²) >= 11 is 0. The summed E-state index contributed by atoms with van der Waals surface area (Å²) in [4.78, 5) is 43.4. The first-order valence-electron chi connectivity index (χ1n) is 12.4. The summed E-state index contributed by atoms with van der Waals surface area (Å²) < 4.78 is 18.1. The van der Waals surface area contributed by atoms with Crippen molar-refractivity contribution in [3.05, 3.63) is 58.4 Å². The predicted molar refractivity (Wildman–Crippen MR) is 139 cm³/mol. The molecule has 1 atom stereocenters. The number of anilines is 1. The van der Waals surface area contributed by atoms with Gasteiger partial charge in [-0.15, -0.1) is 0 Å². The van der Waals surface area contributed by atoms with Crippen molar-refractivity contribution in [2.75, 3.05) is 45.0 Å². The number of aryl methyl sites for hydroxylation is 1. The number of piperazine rings is 1. The second-order valence-electron chi connectivity index (χ2n) is 9.06. The molecule has 0 bridgehead atoms. The normalized spacial score (nSPS) is 15.5. The van der Waals surface area contributed by atoms with Crippen molar-refractivity contribution in [1.82, 2.24) is 14.8 Å². The van der Waals surface area contributed by atoms with E-state index in [0.29, 0.717) is 55.1 Å². The van der Waals surface area contributed by atoms with E-state index in [2.05, 4.69) is 10.2 Å². The number of aromatic nitrogens is 1. The van der Waals surface area contributed by atoms with E-state index in [-0.39, 0.29) is 18.3 Å². The number of carbonyl (C=O) groups is 2. The van der Waals surface area contributed by atoms with Gasteiger partial charge < -0.3 is 33.9 Å². The first-order valence-corrected chi connectivity index (χ1v) is 12.4. The van der Waals surface area contributed by atoms with Gasteiger partial charge in [-0.05, 0) is 32.0 Å². The van der Waals surface area contributed by atoms with Crippen LogP contribution in [0.4, 0.5) is 5.69 Å². The molecule has 1 fully saturated rings.